The van der Waals surface area contributed by atoms with Crippen molar-refractivity contribution < 1.29 is 14.1 Å². The smallest absolute Gasteiger partial charge is 0.417 e. The third kappa shape index (κ3) is 3.75. The minimum atomic E-state index is -0.519. The monoisotopic (exact) mass is 447 g/mol. The zero-order valence-electron chi connectivity index (χ0n) is 19.6. The predicted molar refractivity (Wildman–Crippen MR) is 123 cm³/mol. The second kappa shape index (κ2) is 7.62. The van der Waals surface area contributed by atoms with Gasteiger partial charge in [0, 0.05) is 17.5 Å². The molecular weight excluding hydrogens is 418 g/mol. The fraction of sp³-hybridized carbons (Fsp3) is 0.520. The molecule has 5 rings (SSSR count). The van der Waals surface area contributed by atoms with Crippen molar-refractivity contribution in [1.82, 2.24) is 14.7 Å². The van der Waals surface area contributed by atoms with Crippen molar-refractivity contribution in [2.75, 3.05) is 11.4 Å². The minimum absolute atomic E-state index is 0.165. The fourth-order valence-electron chi connectivity index (χ4n) is 5.44. The number of hydrogen-bond donors (Lipinski definition) is 0. The van der Waals surface area contributed by atoms with Gasteiger partial charge >= 0.3 is 6.09 Å². The molecule has 1 saturated heterocycles. The van der Waals surface area contributed by atoms with Crippen LogP contribution >= 0.6 is 0 Å². The molecule has 2 atom stereocenters. The molecule has 3 heterocycles. The number of amides is 1. The van der Waals surface area contributed by atoms with E-state index in [0.29, 0.717) is 23.9 Å². The number of aromatic nitrogens is 3. The number of ether oxygens (including phenoxy) is 1. The van der Waals surface area contributed by atoms with Gasteiger partial charge in [-0.25, -0.2) is 14.7 Å². The lowest BCUT2D eigenvalue weighted by molar-refractivity contribution is 0.00438. The predicted octanol–water partition coefficient (Wildman–Crippen LogP) is 5.09. The number of imidazole rings is 1. The zero-order valence-corrected chi connectivity index (χ0v) is 19.6. The summed E-state index contributed by atoms with van der Waals surface area (Å²) in [5.41, 5.74) is 3.54. The van der Waals surface area contributed by atoms with Gasteiger partial charge in [0.15, 0.2) is 0 Å². The molecule has 2 fully saturated rings. The minimum Gasteiger partial charge on any atom is -0.441 e. The van der Waals surface area contributed by atoms with Crippen molar-refractivity contribution in [3.05, 3.63) is 41.3 Å². The molecule has 0 bridgehead atoms. The quantitative estimate of drug-likeness (QED) is 0.555. The molecule has 33 heavy (non-hydrogen) atoms. The average Bonchev–Trinajstić information content (AvgIpc) is 3.43. The highest BCUT2D eigenvalue weighted by Crippen LogP contribution is 2.43. The first-order chi connectivity index (χ1) is 15.7. The highest BCUT2D eigenvalue weighted by molar-refractivity contribution is 5.89. The van der Waals surface area contributed by atoms with E-state index in [1.54, 1.807) is 11.0 Å². The summed E-state index contributed by atoms with van der Waals surface area (Å²) in [5, 5.41) is 13.5. The van der Waals surface area contributed by atoms with Crippen LogP contribution in [-0.2, 0) is 16.7 Å². The maximum Gasteiger partial charge on any atom is 0.417 e. The molecular formula is C25H29N5O3. The lowest BCUT2D eigenvalue weighted by Gasteiger charge is -2.36. The number of nitriles is 1. The van der Waals surface area contributed by atoms with Gasteiger partial charge in [0.25, 0.3) is 0 Å². The Bertz CT molecular complexity index is 1260. The summed E-state index contributed by atoms with van der Waals surface area (Å²) < 4.78 is 13.8. The Morgan fingerprint density at radius 3 is 2.88 bits per heavy atom. The second-order valence-electron chi connectivity index (χ2n) is 10.5. The number of carbonyl (C=O) groups excluding carboxylic acids is 1. The summed E-state index contributed by atoms with van der Waals surface area (Å²) in [4.78, 5) is 19.0. The molecule has 8 heteroatoms. The Morgan fingerprint density at radius 1 is 1.33 bits per heavy atom. The topological polar surface area (TPSA) is 97.2 Å². The first-order valence-electron chi connectivity index (χ1n) is 11.5. The van der Waals surface area contributed by atoms with Gasteiger partial charge < -0.3 is 13.8 Å². The van der Waals surface area contributed by atoms with Gasteiger partial charge in [-0.2, -0.15) is 5.26 Å². The molecule has 1 unspecified atom stereocenters. The molecule has 0 radical (unpaired) electrons. The van der Waals surface area contributed by atoms with Gasteiger partial charge in [0.1, 0.15) is 5.60 Å². The molecule has 1 aliphatic carbocycles. The molecule has 2 aliphatic rings. The van der Waals surface area contributed by atoms with Crippen LogP contribution in [0.3, 0.4) is 0 Å². The van der Waals surface area contributed by atoms with Gasteiger partial charge in [0.05, 0.1) is 41.2 Å². The SMILES string of the molecule is Cc1c(C(C)(C)C)noc1N1CC2(CCC[C@H](Cn3cnc4ccc(C#N)cc43)C2)OC1=O. The molecule has 3 aromatic rings. The van der Waals surface area contributed by atoms with Gasteiger partial charge in [-0.1, -0.05) is 25.9 Å². The van der Waals surface area contributed by atoms with E-state index in [2.05, 4.69) is 41.5 Å². The van der Waals surface area contributed by atoms with Crippen molar-refractivity contribution in [2.45, 2.75) is 70.9 Å². The molecule has 8 nitrogen and oxygen atoms in total. The lowest BCUT2D eigenvalue weighted by Crippen LogP contribution is -2.40. The standard InChI is InChI=1S/C25H29N5O3/c1-16-21(24(2,3)4)28-33-22(16)30-14-25(32-23(30)31)9-5-6-18(11-25)13-29-15-27-19-8-7-17(12-26)10-20(19)29/h7-8,10,15,18H,5-6,9,11,13-14H2,1-4H3/t18-,25?/m0/s1. The highest BCUT2D eigenvalue weighted by Gasteiger charge is 2.50. The number of nitrogens with zero attached hydrogens (tertiary/aromatic N) is 5. The number of carbonyl (C=O) groups is 1. The highest BCUT2D eigenvalue weighted by atomic mass is 16.6. The summed E-state index contributed by atoms with van der Waals surface area (Å²) >= 11 is 0. The van der Waals surface area contributed by atoms with Crippen molar-refractivity contribution in [1.29, 1.82) is 5.26 Å². The number of fused-ring (bicyclic) bond motifs is 1. The van der Waals surface area contributed by atoms with Gasteiger partial charge in [-0.3, -0.25) is 0 Å². The van der Waals surface area contributed by atoms with Crippen LogP contribution in [-0.4, -0.2) is 32.9 Å². The second-order valence-corrected chi connectivity index (χ2v) is 10.5. The largest absolute Gasteiger partial charge is 0.441 e. The Hall–Kier alpha value is -3.34. The first kappa shape index (κ1) is 21.5. The zero-order chi connectivity index (χ0) is 23.4. The van der Waals surface area contributed by atoms with E-state index >= 15 is 0 Å². The van der Waals surface area contributed by atoms with E-state index in [4.69, 9.17) is 9.26 Å². The van der Waals surface area contributed by atoms with E-state index in [9.17, 15) is 10.1 Å². The van der Waals surface area contributed by atoms with Crippen LogP contribution in [0.5, 0.6) is 0 Å². The van der Waals surface area contributed by atoms with E-state index < -0.39 is 5.60 Å². The average molecular weight is 448 g/mol. The van der Waals surface area contributed by atoms with Crippen LogP contribution in [0, 0.1) is 24.2 Å². The maximum absolute atomic E-state index is 12.9. The van der Waals surface area contributed by atoms with Crippen LogP contribution in [0.2, 0.25) is 0 Å². The van der Waals surface area contributed by atoms with Crippen LogP contribution in [0.25, 0.3) is 11.0 Å². The first-order valence-corrected chi connectivity index (χ1v) is 11.5. The van der Waals surface area contributed by atoms with Crippen molar-refractivity contribution in [3.63, 3.8) is 0 Å². The van der Waals surface area contributed by atoms with Gasteiger partial charge in [-0.15, -0.1) is 0 Å². The Kier molecular flexibility index (Phi) is 4.96. The third-order valence-corrected chi connectivity index (χ3v) is 6.94. The fourth-order valence-corrected chi connectivity index (χ4v) is 5.44. The maximum atomic E-state index is 12.9. The van der Waals surface area contributed by atoms with Crippen LogP contribution in [0.4, 0.5) is 10.7 Å². The molecule has 1 saturated carbocycles. The third-order valence-electron chi connectivity index (χ3n) is 6.94. The Morgan fingerprint density at radius 2 is 2.15 bits per heavy atom. The number of anilines is 1. The van der Waals surface area contributed by atoms with Crippen molar-refractivity contribution in [2.24, 2.45) is 5.92 Å². The van der Waals surface area contributed by atoms with Crippen molar-refractivity contribution in [3.8, 4) is 6.07 Å². The number of hydrogen-bond acceptors (Lipinski definition) is 6. The number of rotatable bonds is 3. The molecule has 1 spiro atoms. The van der Waals surface area contributed by atoms with Crippen LogP contribution in [0.1, 0.15) is 63.3 Å². The Balaban J connectivity index is 1.35. The normalized spacial score (nSPS) is 23.3. The number of benzene rings is 1. The Labute approximate surface area is 193 Å². The van der Waals surface area contributed by atoms with Gasteiger partial charge in [0.2, 0.25) is 5.88 Å². The summed E-state index contributed by atoms with van der Waals surface area (Å²) in [7, 11) is 0. The van der Waals surface area contributed by atoms with Crippen LogP contribution in [0.15, 0.2) is 29.0 Å². The molecule has 0 N–H and O–H groups in total. The van der Waals surface area contributed by atoms with E-state index in [-0.39, 0.29) is 11.5 Å². The summed E-state index contributed by atoms with van der Waals surface area (Å²) in [6.07, 6.45) is 5.16. The lowest BCUT2D eigenvalue weighted by atomic mass is 9.78. The van der Waals surface area contributed by atoms with Crippen molar-refractivity contribution >= 4 is 23.0 Å². The molecule has 1 amide bonds. The van der Waals surface area contributed by atoms with E-state index in [0.717, 1.165) is 54.5 Å². The summed E-state index contributed by atoms with van der Waals surface area (Å²) in [6, 6.07) is 7.76. The molecule has 172 valence electrons. The van der Waals surface area contributed by atoms with E-state index in [1.807, 2.05) is 25.4 Å². The summed E-state index contributed by atoms with van der Waals surface area (Å²) in [5.74, 6) is 0.837. The van der Waals surface area contributed by atoms with E-state index in [1.165, 1.54) is 0 Å². The molecule has 1 aliphatic heterocycles. The summed E-state index contributed by atoms with van der Waals surface area (Å²) in [6.45, 7) is 9.45. The molecule has 1 aromatic carbocycles. The van der Waals surface area contributed by atoms with Crippen LogP contribution < -0.4 is 4.90 Å². The molecule has 2 aromatic heterocycles. The van der Waals surface area contributed by atoms with Gasteiger partial charge in [-0.05, 0) is 56.7 Å².